The molecule has 196 valence electrons. The van der Waals surface area contributed by atoms with Crippen LogP contribution in [0.2, 0.25) is 0 Å². The van der Waals surface area contributed by atoms with Crippen LogP contribution in [-0.2, 0) is 28.7 Å². The van der Waals surface area contributed by atoms with E-state index >= 15 is 0 Å². The summed E-state index contributed by atoms with van der Waals surface area (Å²) in [6.45, 7) is 2.17. The molecule has 0 aromatic rings. The largest absolute Gasteiger partial charge is 0.504 e. The minimum absolute atomic E-state index is 0.0508. The molecule has 0 bridgehead atoms. The summed E-state index contributed by atoms with van der Waals surface area (Å²) in [5.41, 5.74) is 0. The molecule has 1 fully saturated rings. The van der Waals surface area contributed by atoms with Crippen LogP contribution in [0, 0.1) is 11.8 Å². The third-order valence-corrected chi connectivity index (χ3v) is 4.95. The molecule has 35 heavy (non-hydrogen) atoms. The maximum absolute atomic E-state index is 12.0. The fourth-order valence-corrected chi connectivity index (χ4v) is 3.34. The molecule has 0 aliphatic heterocycles. The summed E-state index contributed by atoms with van der Waals surface area (Å²) in [5.74, 6) is -1.56. The molecule has 0 saturated heterocycles. The molecule has 10 heteroatoms. The normalized spacial score (nSPS) is 23.7. The number of rotatable bonds is 8. The molecule has 0 radical (unpaired) electrons. The van der Waals surface area contributed by atoms with E-state index < -0.39 is 18.0 Å². The van der Waals surface area contributed by atoms with Crippen molar-refractivity contribution >= 4 is 23.5 Å². The van der Waals surface area contributed by atoms with Gasteiger partial charge in [-0.05, 0) is 55.9 Å². The highest BCUT2D eigenvalue weighted by Crippen LogP contribution is 2.27. The zero-order chi connectivity index (χ0) is 27.0. The van der Waals surface area contributed by atoms with Crippen LogP contribution in [-0.4, -0.2) is 70.4 Å². The number of aliphatic carboxylic acids is 2. The monoisotopic (exact) mass is 496 g/mol. The first kappa shape index (κ1) is 31.8. The smallest absolute Gasteiger partial charge is 0.300 e. The predicted molar refractivity (Wildman–Crippen MR) is 128 cm³/mol. The average molecular weight is 497 g/mol. The van der Waals surface area contributed by atoms with Gasteiger partial charge in [-0.25, -0.2) is 0 Å². The van der Waals surface area contributed by atoms with Crippen LogP contribution >= 0.6 is 0 Å². The number of methoxy groups -OCH3 is 2. The fraction of sp³-hybridized carbons (Fsp3) is 0.520. The number of aliphatic hydroxyl groups excluding tert-OH is 2. The molecule has 2 aliphatic carbocycles. The number of hydrogen-bond donors (Lipinski definition) is 4. The summed E-state index contributed by atoms with van der Waals surface area (Å²) in [7, 11) is 3.05. The Hall–Kier alpha value is -3.24. The zero-order valence-corrected chi connectivity index (χ0v) is 20.5. The summed E-state index contributed by atoms with van der Waals surface area (Å²) in [4.78, 5) is 42.0. The number of aliphatic hydroxyl groups is 2. The second-order valence-electron chi connectivity index (χ2n) is 8.00. The molecule has 2 aliphatic rings. The first-order valence-electron chi connectivity index (χ1n) is 11.1. The molecule has 0 heterocycles. The summed E-state index contributed by atoms with van der Waals surface area (Å²) in [5, 5.41) is 34.2. The lowest BCUT2D eigenvalue weighted by molar-refractivity contribution is -0.135. The molecule has 4 unspecified atom stereocenters. The second kappa shape index (κ2) is 17.2. The van der Waals surface area contributed by atoms with Crippen LogP contribution in [0.15, 0.2) is 48.0 Å². The van der Waals surface area contributed by atoms with Crippen molar-refractivity contribution in [1.29, 1.82) is 0 Å². The van der Waals surface area contributed by atoms with Crippen molar-refractivity contribution in [2.45, 2.75) is 58.2 Å². The van der Waals surface area contributed by atoms with Gasteiger partial charge >= 0.3 is 0 Å². The lowest BCUT2D eigenvalue weighted by Gasteiger charge is -2.30. The number of carbonyl (C=O) groups is 4. The molecule has 0 aromatic heterocycles. The van der Waals surface area contributed by atoms with E-state index in [-0.39, 0.29) is 41.7 Å². The minimum atomic E-state index is -0.833. The van der Waals surface area contributed by atoms with E-state index in [1.54, 1.807) is 25.3 Å². The first-order chi connectivity index (χ1) is 16.4. The number of allylic oxidation sites excluding steroid dienone is 6. The topological polar surface area (TPSA) is 168 Å². The summed E-state index contributed by atoms with van der Waals surface area (Å²) in [6.07, 6.45) is 11.6. The molecule has 1 saturated carbocycles. The molecule has 0 aromatic carbocycles. The maximum Gasteiger partial charge on any atom is 0.300 e. The van der Waals surface area contributed by atoms with E-state index in [4.69, 9.17) is 29.3 Å². The summed E-state index contributed by atoms with van der Waals surface area (Å²) in [6, 6.07) is 0. The third-order valence-electron chi connectivity index (χ3n) is 4.95. The van der Waals surface area contributed by atoms with E-state index in [1.807, 2.05) is 6.08 Å². The van der Waals surface area contributed by atoms with E-state index in [1.165, 1.54) is 19.3 Å². The van der Waals surface area contributed by atoms with Gasteiger partial charge in [0.2, 0.25) is 0 Å². The Labute approximate surface area is 205 Å². The molecule has 4 N–H and O–H groups in total. The van der Waals surface area contributed by atoms with Crippen molar-refractivity contribution < 1.29 is 49.1 Å². The van der Waals surface area contributed by atoms with E-state index in [9.17, 15) is 19.8 Å². The Morgan fingerprint density at radius 3 is 2.06 bits per heavy atom. The average Bonchev–Trinajstić information content (AvgIpc) is 2.77. The van der Waals surface area contributed by atoms with Gasteiger partial charge in [-0.1, -0.05) is 12.2 Å². The standard InChI is InChI=1S/C21H28O6.2C2H4O2/c1-26-20-11-14(5-9-18(20)24)3-7-16(22)13-17(23)8-4-15-6-10-19(25)21(12-15)27-2;2*1-2(3)4/h3-4,7-9,11,14-15,19,21,24-25H,5-6,10,12-13H2,1-2H3;2*1H3,(H,3,4)/b7-3+,8-4+;;. The van der Waals surface area contributed by atoms with E-state index in [2.05, 4.69) is 0 Å². The van der Waals surface area contributed by atoms with Crippen LogP contribution in [0.5, 0.6) is 0 Å². The SMILES string of the molecule is CC(=O)O.CC(=O)O.COC1=CC(/C=C/C(=O)CC(=O)/C=C/C2CCC(O)C(OC)C2)CC=C1O. The maximum atomic E-state index is 12.0. The highest BCUT2D eigenvalue weighted by atomic mass is 16.5. The van der Waals surface area contributed by atoms with Gasteiger partial charge in [-0.15, -0.1) is 0 Å². The number of hydrogen-bond acceptors (Lipinski definition) is 8. The van der Waals surface area contributed by atoms with Gasteiger partial charge in [-0.3, -0.25) is 19.2 Å². The summed E-state index contributed by atoms with van der Waals surface area (Å²) >= 11 is 0. The quantitative estimate of drug-likeness (QED) is 0.290. The van der Waals surface area contributed by atoms with Gasteiger partial charge in [0.15, 0.2) is 23.1 Å². The van der Waals surface area contributed by atoms with Crippen molar-refractivity contribution in [2.75, 3.05) is 14.2 Å². The summed E-state index contributed by atoms with van der Waals surface area (Å²) < 4.78 is 10.3. The highest BCUT2D eigenvalue weighted by Gasteiger charge is 2.27. The fourth-order valence-electron chi connectivity index (χ4n) is 3.34. The van der Waals surface area contributed by atoms with Gasteiger partial charge in [0.05, 0.1) is 25.7 Å². The van der Waals surface area contributed by atoms with Gasteiger partial charge in [0.1, 0.15) is 0 Å². The Kier molecular flexibility index (Phi) is 15.6. The van der Waals surface area contributed by atoms with Crippen molar-refractivity contribution in [3.63, 3.8) is 0 Å². The number of ether oxygens (including phenoxy) is 2. The highest BCUT2D eigenvalue weighted by molar-refractivity contribution is 6.08. The van der Waals surface area contributed by atoms with Crippen LogP contribution in [0.25, 0.3) is 0 Å². The van der Waals surface area contributed by atoms with Crippen LogP contribution in [0.4, 0.5) is 0 Å². The molecule has 10 nitrogen and oxygen atoms in total. The van der Waals surface area contributed by atoms with Crippen molar-refractivity contribution in [3.8, 4) is 0 Å². The number of carboxylic acid groups (broad SMARTS) is 2. The lowest BCUT2D eigenvalue weighted by Crippen LogP contribution is -2.34. The Morgan fingerprint density at radius 1 is 1.00 bits per heavy atom. The van der Waals surface area contributed by atoms with Gasteiger partial charge < -0.3 is 29.9 Å². The number of carboxylic acids is 2. The third kappa shape index (κ3) is 15.3. The Bertz CT molecular complexity index is 817. The Balaban J connectivity index is 0.00000126. The van der Waals surface area contributed by atoms with Crippen molar-refractivity contribution in [2.24, 2.45) is 11.8 Å². The van der Waals surface area contributed by atoms with Gasteiger partial charge in [0, 0.05) is 26.9 Å². The molecule has 4 atom stereocenters. The van der Waals surface area contributed by atoms with Crippen LogP contribution in [0.1, 0.15) is 46.0 Å². The van der Waals surface area contributed by atoms with Crippen molar-refractivity contribution in [3.05, 3.63) is 48.0 Å². The van der Waals surface area contributed by atoms with Crippen LogP contribution < -0.4 is 0 Å². The van der Waals surface area contributed by atoms with Crippen molar-refractivity contribution in [1.82, 2.24) is 0 Å². The van der Waals surface area contributed by atoms with Gasteiger partial charge in [0.25, 0.3) is 11.9 Å². The molecule has 2 rings (SSSR count). The van der Waals surface area contributed by atoms with E-state index in [0.717, 1.165) is 20.3 Å². The molecule has 0 spiro atoms. The van der Waals surface area contributed by atoms with E-state index in [0.29, 0.717) is 25.0 Å². The minimum Gasteiger partial charge on any atom is -0.504 e. The van der Waals surface area contributed by atoms with Gasteiger partial charge in [-0.2, -0.15) is 0 Å². The number of carbonyl (C=O) groups excluding carboxylic acids is 2. The molecular weight excluding hydrogens is 460 g/mol. The lowest BCUT2D eigenvalue weighted by atomic mass is 9.85. The second-order valence-corrected chi connectivity index (χ2v) is 8.00. The zero-order valence-electron chi connectivity index (χ0n) is 20.5. The molecule has 0 amide bonds. The predicted octanol–water partition coefficient (Wildman–Crippen LogP) is 2.98. The number of ketones is 2. The molecular formula is C25H36O10. The van der Waals surface area contributed by atoms with Crippen LogP contribution in [0.3, 0.4) is 0 Å². The Morgan fingerprint density at radius 2 is 1.54 bits per heavy atom. The first-order valence-corrected chi connectivity index (χ1v) is 11.1.